The molecule has 0 fully saturated rings. The van der Waals surface area contributed by atoms with Crippen molar-refractivity contribution < 1.29 is 14.3 Å². The van der Waals surface area contributed by atoms with E-state index in [1.165, 1.54) is 0 Å². The molecule has 0 aliphatic heterocycles. The maximum Gasteiger partial charge on any atom is 0.261 e. The van der Waals surface area contributed by atoms with Gasteiger partial charge in [0.1, 0.15) is 11.8 Å². The van der Waals surface area contributed by atoms with E-state index in [9.17, 15) is 9.59 Å². The Balaban J connectivity index is 2.25. The summed E-state index contributed by atoms with van der Waals surface area (Å²) in [6, 6.07) is 15.0. The molecule has 0 saturated carbocycles. The quantitative estimate of drug-likeness (QED) is 0.701. The number of nitrogens with one attached hydrogen (secondary N) is 1. The largest absolute Gasteiger partial charge is 0.484 e. The molecule has 0 radical (unpaired) electrons. The molecule has 5 nitrogen and oxygen atoms in total. The summed E-state index contributed by atoms with van der Waals surface area (Å²) in [5.41, 5.74) is 2.69. The van der Waals surface area contributed by atoms with Crippen molar-refractivity contribution >= 4 is 11.8 Å². The van der Waals surface area contributed by atoms with Crippen molar-refractivity contribution in [2.24, 2.45) is 0 Å². The van der Waals surface area contributed by atoms with Gasteiger partial charge >= 0.3 is 0 Å². The van der Waals surface area contributed by atoms with E-state index in [1.807, 2.05) is 90.1 Å². The number of aryl methyl sites for hydroxylation is 2. The van der Waals surface area contributed by atoms with Gasteiger partial charge in [0.25, 0.3) is 5.91 Å². The van der Waals surface area contributed by atoms with Crippen molar-refractivity contribution in [2.45, 2.75) is 66.1 Å². The molecule has 2 rings (SSSR count). The maximum absolute atomic E-state index is 13.2. The zero-order valence-electron chi connectivity index (χ0n) is 19.0. The highest BCUT2D eigenvalue weighted by Crippen LogP contribution is 2.18. The second-order valence-corrected chi connectivity index (χ2v) is 8.73. The van der Waals surface area contributed by atoms with Crippen molar-refractivity contribution in [1.29, 1.82) is 0 Å². The van der Waals surface area contributed by atoms with E-state index in [1.54, 1.807) is 4.90 Å². The summed E-state index contributed by atoms with van der Waals surface area (Å²) in [5.74, 6) is 0.311. The van der Waals surface area contributed by atoms with Gasteiger partial charge in [-0.15, -0.1) is 0 Å². The number of hydrogen-bond acceptors (Lipinski definition) is 3. The Bertz CT molecular complexity index is 871. The van der Waals surface area contributed by atoms with E-state index >= 15 is 0 Å². The van der Waals surface area contributed by atoms with Gasteiger partial charge in [0.2, 0.25) is 5.91 Å². The van der Waals surface area contributed by atoms with Crippen LogP contribution in [-0.2, 0) is 16.1 Å². The number of nitrogens with zero attached hydrogens (tertiary/aromatic N) is 1. The molecule has 0 heterocycles. The van der Waals surface area contributed by atoms with Crippen molar-refractivity contribution in [3.63, 3.8) is 0 Å². The van der Waals surface area contributed by atoms with Gasteiger partial charge in [-0.1, -0.05) is 55.0 Å². The van der Waals surface area contributed by atoms with Gasteiger partial charge in [-0.25, -0.2) is 0 Å². The van der Waals surface area contributed by atoms with Crippen LogP contribution in [0.25, 0.3) is 0 Å². The monoisotopic (exact) mass is 410 g/mol. The Hall–Kier alpha value is -2.82. The van der Waals surface area contributed by atoms with E-state index in [0.29, 0.717) is 18.7 Å². The molecule has 0 saturated heterocycles. The minimum atomic E-state index is -0.572. The lowest BCUT2D eigenvalue weighted by atomic mass is 10.1. The van der Waals surface area contributed by atoms with E-state index in [4.69, 9.17) is 4.74 Å². The van der Waals surface area contributed by atoms with E-state index in [0.717, 1.165) is 16.7 Å². The van der Waals surface area contributed by atoms with Gasteiger partial charge in [0.05, 0.1) is 0 Å². The lowest BCUT2D eigenvalue weighted by molar-refractivity contribution is -0.143. The van der Waals surface area contributed by atoms with Crippen LogP contribution >= 0.6 is 0 Å². The molecule has 2 aromatic rings. The molecule has 162 valence electrons. The van der Waals surface area contributed by atoms with E-state index in [-0.39, 0.29) is 24.0 Å². The normalized spacial score (nSPS) is 12.2. The molecule has 30 heavy (non-hydrogen) atoms. The van der Waals surface area contributed by atoms with Gasteiger partial charge < -0.3 is 15.0 Å². The Morgan fingerprint density at radius 3 is 2.37 bits per heavy atom. The number of carbonyl (C=O) groups is 2. The highest BCUT2D eigenvalue weighted by molar-refractivity contribution is 5.88. The minimum Gasteiger partial charge on any atom is -0.484 e. The minimum absolute atomic E-state index is 0.115. The average Bonchev–Trinajstić information content (AvgIpc) is 2.65. The molecule has 0 unspecified atom stereocenters. The summed E-state index contributed by atoms with van der Waals surface area (Å²) < 4.78 is 5.79. The summed E-state index contributed by atoms with van der Waals surface area (Å²) in [5, 5.41) is 3.01. The molecule has 0 aromatic heterocycles. The van der Waals surface area contributed by atoms with Gasteiger partial charge in [0.15, 0.2) is 6.61 Å². The van der Waals surface area contributed by atoms with Crippen LogP contribution in [0.2, 0.25) is 0 Å². The van der Waals surface area contributed by atoms with Crippen molar-refractivity contribution in [3.05, 3.63) is 65.2 Å². The molecule has 0 aliphatic rings. The zero-order valence-corrected chi connectivity index (χ0v) is 19.0. The van der Waals surface area contributed by atoms with Gasteiger partial charge in [0, 0.05) is 12.1 Å². The topological polar surface area (TPSA) is 58.6 Å². The lowest BCUT2D eigenvalue weighted by Gasteiger charge is -2.33. The average molecular weight is 411 g/mol. The van der Waals surface area contributed by atoms with Crippen molar-refractivity contribution in [3.8, 4) is 5.75 Å². The molecular formula is C25H34N2O3. The fraction of sp³-hybridized carbons (Fsp3) is 0.440. The fourth-order valence-electron chi connectivity index (χ4n) is 3.32. The summed E-state index contributed by atoms with van der Waals surface area (Å²) in [6.07, 6.45) is 0.518. The number of para-hydroxylation sites is 1. The zero-order chi connectivity index (χ0) is 22.3. The first-order valence-corrected chi connectivity index (χ1v) is 10.5. The van der Waals surface area contributed by atoms with Gasteiger partial charge in [-0.05, 0) is 58.2 Å². The predicted octanol–water partition coefficient (Wildman–Crippen LogP) is 4.40. The Morgan fingerprint density at radius 2 is 1.77 bits per heavy atom. The smallest absolute Gasteiger partial charge is 0.261 e. The first-order chi connectivity index (χ1) is 14.1. The number of hydrogen-bond donors (Lipinski definition) is 1. The standard InChI is InChI=1S/C25H34N2O3/c1-7-21(24(29)26-25(4,5)6)27(16-20-13-10-11-18(2)15-20)23(28)17-30-22-14-9-8-12-19(22)3/h8-15,21H,7,16-17H2,1-6H3,(H,26,29)/t21-/m1/s1. The molecule has 2 aromatic carbocycles. The third-order valence-corrected chi connectivity index (χ3v) is 4.76. The molecule has 0 aliphatic carbocycles. The highest BCUT2D eigenvalue weighted by atomic mass is 16.5. The SMILES string of the molecule is CC[C@H](C(=O)NC(C)(C)C)N(Cc1cccc(C)c1)C(=O)COc1ccccc1C. The Labute approximate surface area is 180 Å². The maximum atomic E-state index is 13.2. The third-order valence-electron chi connectivity index (χ3n) is 4.76. The highest BCUT2D eigenvalue weighted by Gasteiger charge is 2.30. The second-order valence-electron chi connectivity index (χ2n) is 8.73. The number of ether oxygens (including phenoxy) is 1. The molecule has 0 bridgehead atoms. The van der Waals surface area contributed by atoms with Crippen LogP contribution in [0.3, 0.4) is 0 Å². The predicted molar refractivity (Wildman–Crippen MR) is 120 cm³/mol. The van der Waals surface area contributed by atoms with Crippen molar-refractivity contribution in [2.75, 3.05) is 6.61 Å². The summed E-state index contributed by atoms with van der Waals surface area (Å²) >= 11 is 0. The van der Waals surface area contributed by atoms with Crippen LogP contribution < -0.4 is 10.1 Å². The lowest BCUT2D eigenvalue weighted by Crippen LogP contribution is -2.54. The second kappa shape index (κ2) is 10.3. The van der Waals surface area contributed by atoms with Gasteiger partial charge in [-0.3, -0.25) is 9.59 Å². The number of benzene rings is 2. The van der Waals surface area contributed by atoms with Crippen LogP contribution in [-0.4, -0.2) is 34.9 Å². The molecule has 1 atom stereocenters. The van der Waals surface area contributed by atoms with Crippen LogP contribution in [0.4, 0.5) is 0 Å². The molecule has 5 heteroatoms. The first kappa shape index (κ1) is 23.5. The third kappa shape index (κ3) is 6.90. The number of rotatable bonds is 8. The molecule has 0 spiro atoms. The van der Waals surface area contributed by atoms with Crippen LogP contribution in [0.15, 0.2) is 48.5 Å². The molecular weight excluding hydrogens is 376 g/mol. The fourth-order valence-corrected chi connectivity index (χ4v) is 3.32. The number of amides is 2. The van der Waals surface area contributed by atoms with Crippen LogP contribution in [0, 0.1) is 13.8 Å². The molecule has 1 N–H and O–H groups in total. The van der Waals surface area contributed by atoms with E-state index in [2.05, 4.69) is 5.32 Å². The number of carbonyl (C=O) groups excluding carboxylic acids is 2. The summed E-state index contributed by atoms with van der Waals surface area (Å²) in [7, 11) is 0. The van der Waals surface area contributed by atoms with Crippen LogP contribution in [0.5, 0.6) is 5.75 Å². The Morgan fingerprint density at radius 1 is 1.07 bits per heavy atom. The van der Waals surface area contributed by atoms with Gasteiger partial charge in [-0.2, -0.15) is 0 Å². The van der Waals surface area contributed by atoms with Crippen molar-refractivity contribution in [1.82, 2.24) is 10.2 Å². The van der Waals surface area contributed by atoms with Crippen LogP contribution in [0.1, 0.15) is 50.8 Å². The Kier molecular flexibility index (Phi) is 8.04. The summed E-state index contributed by atoms with van der Waals surface area (Å²) in [4.78, 5) is 27.8. The van der Waals surface area contributed by atoms with E-state index < -0.39 is 6.04 Å². The molecule has 2 amide bonds. The summed E-state index contributed by atoms with van der Waals surface area (Å²) in [6.45, 7) is 11.9. The first-order valence-electron chi connectivity index (χ1n) is 10.5.